The molecule has 0 saturated carbocycles. The first-order valence-electron chi connectivity index (χ1n) is 5.43. The topological polar surface area (TPSA) is 47.6 Å². The third-order valence-corrected chi connectivity index (χ3v) is 3.00. The Morgan fingerprint density at radius 3 is 2.37 bits per heavy atom. The van der Waals surface area contributed by atoms with Crippen LogP contribution in [0.4, 0.5) is 17.1 Å². The molecule has 0 saturated heterocycles. The van der Waals surface area contributed by atoms with Crippen LogP contribution in [0.15, 0.2) is 48.5 Å². The second kappa shape index (κ2) is 6.52. The lowest BCUT2D eigenvalue weighted by Gasteiger charge is -2.13. The Balaban J connectivity index is 0.00000180. The third kappa shape index (κ3) is 3.44. The highest BCUT2D eigenvalue weighted by Gasteiger charge is 2.23. The summed E-state index contributed by atoms with van der Waals surface area (Å²) in [6.07, 6.45) is 0. The van der Waals surface area contributed by atoms with Gasteiger partial charge < -0.3 is 12.4 Å². The van der Waals surface area contributed by atoms with Crippen molar-refractivity contribution in [3.8, 4) is 0 Å². The van der Waals surface area contributed by atoms with Gasteiger partial charge in [0.2, 0.25) is 5.69 Å². The number of nitrogens with one attached hydrogen (secondary N) is 1. The van der Waals surface area contributed by atoms with Crippen molar-refractivity contribution in [3.05, 3.63) is 63.7 Å². The van der Waals surface area contributed by atoms with Gasteiger partial charge in [0.05, 0.1) is 12.0 Å². The van der Waals surface area contributed by atoms with Gasteiger partial charge in [0, 0.05) is 17.2 Å². The summed E-state index contributed by atoms with van der Waals surface area (Å²) in [6.45, 7) is 0. The molecule has 0 aliphatic heterocycles. The zero-order chi connectivity index (χ0) is 13.1. The Labute approximate surface area is 122 Å². The molecule has 2 aromatic rings. The van der Waals surface area contributed by atoms with Crippen molar-refractivity contribution in [3.63, 3.8) is 0 Å². The lowest BCUT2D eigenvalue weighted by molar-refractivity contribution is -0.737. The van der Waals surface area contributed by atoms with E-state index in [1.165, 1.54) is 12.1 Å². The van der Waals surface area contributed by atoms with Crippen molar-refractivity contribution >= 4 is 28.7 Å². The van der Waals surface area contributed by atoms with Crippen LogP contribution in [0.2, 0.25) is 5.02 Å². The largest absolute Gasteiger partial charge is 1.00 e. The SMILES string of the molecule is C[NH+](c1ccccc1)c1cc(Cl)ccc1[N+](=O)[O-].[Cl-]. The van der Waals surface area contributed by atoms with E-state index >= 15 is 0 Å². The number of nitrogens with zero attached hydrogens (tertiary/aromatic N) is 1. The number of rotatable bonds is 3. The maximum absolute atomic E-state index is 11.0. The molecular weight excluding hydrogens is 287 g/mol. The molecule has 1 unspecified atom stereocenters. The van der Waals surface area contributed by atoms with Crippen molar-refractivity contribution in [2.24, 2.45) is 0 Å². The molecule has 0 aliphatic rings. The Hall–Kier alpha value is -1.62. The van der Waals surface area contributed by atoms with E-state index in [4.69, 9.17) is 11.6 Å². The number of benzene rings is 2. The van der Waals surface area contributed by atoms with E-state index in [9.17, 15) is 10.1 Å². The second-order valence-corrected chi connectivity index (χ2v) is 4.35. The van der Waals surface area contributed by atoms with E-state index in [2.05, 4.69) is 0 Å². The third-order valence-electron chi connectivity index (χ3n) is 2.77. The van der Waals surface area contributed by atoms with Gasteiger partial charge >= 0.3 is 5.69 Å². The summed E-state index contributed by atoms with van der Waals surface area (Å²) in [7, 11) is 1.86. The van der Waals surface area contributed by atoms with Crippen molar-refractivity contribution in [1.82, 2.24) is 0 Å². The molecule has 0 aromatic heterocycles. The highest BCUT2D eigenvalue weighted by atomic mass is 35.5. The first-order chi connectivity index (χ1) is 8.59. The smallest absolute Gasteiger partial charge is 0.329 e. The van der Waals surface area contributed by atoms with Crippen LogP contribution in [0.25, 0.3) is 0 Å². The van der Waals surface area contributed by atoms with Gasteiger partial charge in [-0.2, -0.15) is 0 Å². The molecule has 4 nitrogen and oxygen atoms in total. The van der Waals surface area contributed by atoms with E-state index < -0.39 is 4.92 Å². The minimum Gasteiger partial charge on any atom is -1.00 e. The van der Waals surface area contributed by atoms with Gasteiger partial charge in [0.1, 0.15) is 5.69 Å². The zero-order valence-corrected chi connectivity index (χ0v) is 11.7. The molecule has 1 N–H and O–H groups in total. The van der Waals surface area contributed by atoms with E-state index in [0.717, 1.165) is 10.6 Å². The molecular formula is C13H12Cl2N2O2. The predicted octanol–water partition coefficient (Wildman–Crippen LogP) is -0.270. The number of nitro groups is 1. The van der Waals surface area contributed by atoms with E-state index in [1.807, 2.05) is 37.4 Å². The van der Waals surface area contributed by atoms with Gasteiger partial charge in [-0.1, -0.05) is 29.8 Å². The van der Waals surface area contributed by atoms with E-state index in [1.54, 1.807) is 6.07 Å². The molecule has 0 heterocycles. The van der Waals surface area contributed by atoms with E-state index in [-0.39, 0.29) is 18.1 Å². The normalized spacial score (nSPS) is 11.5. The molecule has 0 fully saturated rings. The highest BCUT2D eigenvalue weighted by molar-refractivity contribution is 6.30. The van der Waals surface area contributed by atoms with Gasteiger partial charge in [0.15, 0.2) is 0 Å². The van der Waals surface area contributed by atoms with Crippen molar-refractivity contribution in [1.29, 1.82) is 0 Å². The monoisotopic (exact) mass is 298 g/mol. The maximum Gasteiger partial charge on any atom is 0.329 e. The van der Waals surface area contributed by atoms with Gasteiger partial charge in [-0.05, 0) is 18.2 Å². The zero-order valence-electron chi connectivity index (χ0n) is 10.1. The molecule has 6 heteroatoms. The minimum atomic E-state index is -0.391. The Bertz CT molecular complexity index is 576. The summed E-state index contributed by atoms with van der Waals surface area (Å²) < 4.78 is 0. The summed E-state index contributed by atoms with van der Waals surface area (Å²) in [6, 6.07) is 14.1. The number of hydrogen-bond acceptors (Lipinski definition) is 2. The fraction of sp³-hybridized carbons (Fsp3) is 0.0769. The first kappa shape index (κ1) is 15.4. The molecule has 2 rings (SSSR count). The van der Waals surface area contributed by atoms with Gasteiger partial charge in [-0.15, -0.1) is 0 Å². The quantitative estimate of drug-likeness (QED) is 0.626. The average Bonchev–Trinajstić information content (AvgIpc) is 2.38. The second-order valence-electron chi connectivity index (χ2n) is 3.91. The van der Waals surface area contributed by atoms with Crippen LogP contribution in [-0.2, 0) is 0 Å². The minimum absolute atomic E-state index is 0. The predicted molar refractivity (Wildman–Crippen MR) is 70.8 cm³/mol. The van der Waals surface area contributed by atoms with Crippen LogP contribution < -0.4 is 17.3 Å². The highest BCUT2D eigenvalue weighted by Crippen LogP contribution is 2.25. The number of halogens is 2. The van der Waals surface area contributed by atoms with Gasteiger partial charge in [-0.3, -0.25) is 15.0 Å². The number of hydrogen-bond donors (Lipinski definition) is 1. The molecule has 2 aromatic carbocycles. The van der Waals surface area contributed by atoms with Crippen molar-refractivity contribution in [2.45, 2.75) is 0 Å². The summed E-state index contributed by atoms with van der Waals surface area (Å²) in [5, 5.41) is 11.5. The van der Waals surface area contributed by atoms with Crippen LogP contribution in [0.1, 0.15) is 0 Å². The molecule has 0 amide bonds. The van der Waals surface area contributed by atoms with E-state index in [0.29, 0.717) is 10.7 Å². The Morgan fingerprint density at radius 2 is 1.79 bits per heavy atom. The fourth-order valence-corrected chi connectivity index (χ4v) is 1.98. The van der Waals surface area contributed by atoms with Crippen LogP contribution in [-0.4, -0.2) is 12.0 Å². The molecule has 0 bridgehead atoms. The Kier molecular flexibility index (Phi) is 5.30. The number of quaternary nitrogens is 1. The molecule has 19 heavy (non-hydrogen) atoms. The Morgan fingerprint density at radius 1 is 1.16 bits per heavy atom. The molecule has 1 atom stereocenters. The van der Waals surface area contributed by atoms with Gasteiger partial charge in [0.25, 0.3) is 0 Å². The fourth-order valence-electron chi connectivity index (χ4n) is 1.81. The molecule has 0 aliphatic carbocycles. The standard InChI is InChI=1S/C13H11ClN2O2.ClH/c1-15(11-5-3-2-4-6-11)13-9-10(14)7-8-12(13)16(17)18;/h2-9H,1H3;1H. The summed E-state index contributed by atoms with van der Waals surface area (Å²) in [4.78, 5) is 11.5. The number of nitro benzene ring substituents is 1. The van der Waals surface area contributed by atoms with Crippen molar-refractivity contribution < 1.29 is 22.2 Å². The van der Waals surface area contributed by atoms with Gasteiger partial charge in [-0.25, -0.2) is 0 Å². The number of para-hydroxylation sites is 1. The molecule has 0 spiro atoms. The summed E-state index contributed by atoms with van der Waals surface area (Å²) in [5.74, 6) is 0. The lowest BCUT2D eigenvalue weighted by atomic mass is 10.2. The van der Waals surface area contributed by atoms with Crippen LogP contribution in [0.5, 0.6) is 0 Å². The summed E-state index contributed by atoms with van der Waals surface area (Å²) in [5.41, 5.74) is 1.57. The average molecular weight is 299 g/mol. The van der Waals surface area contributed by atoms with Crippen LogP contribution in [0.3, 0.4) is 0 Å². The molecule has 0 radical (unpaired) electrons. The van der Waals surface area contributed by atoms with Crippen molar-refractivity contribution in [2.75, 3.05) is 7.05 Å². The van der Waals surface area contributed by atoms with Crippen LogP contribution in [0, 0.1) is 10.1 Å². The lowest BCUT2D eigenvalue weighted by Crippen LogP contribution is -3.00. The first-order valence-corrected chi connectivity index (χ1v) is 5.80. The molecule has 100 valence electrons. The maximum atomic E-state index is 11.0. The van der Waals surface area contributed by atoms with Crippen LogP contribution >= 0.6 is 11.6 Å². The summed E-state index contributed by atoms with van der Waals surface area (Å²) >= 11 is 5.92.